The Morgan fingerprint density at radius 1 is 0.967 bits per heavy atom. The number of hydrogen-bond acceptors (Lipinski definition) is 7. The van der Waals surface area contributed by atoms with Gasteiger partial charge in [-0.1, -0.05) is 0 Å². The number of fused-ring (bicyclic) bond motifs is 2. The van der Waals surface area contributed by atoms with Gasteiger partial charge in [0, 0.05) is 23.5 Å². The lowest BCUT2D eigenvalue weighted by atomic mass is 10.1. The number of aromatic nitrogens is 7. The highest BCUT2D eigenvalue weighted by Gasteiger charge is 2.17. The first-order valence-corrected chi connectivity index (χ1v) is 10.1. The Morgan fingerprint density at radius 3 is 2.80 bits per heavy atom. The van der Waals surface area contributed by atoms with Crippen molar-refractivity contribution in [3.05, 3.63) is 59.7 Å². The molecule has 0 saturated carbocycles. The topological polar surface area (TPSA) is 116 Å². The summed E-state index contributed by atoms with van der Waals surface area (Å²) in [5, 5.41) is 21.3. The standard InChI is InChI=1S/C21H13N7OS/c29-13-7-12(8-22-9-13)15-1-2-16-18(24-15)19(28-27-16)21-25-17-14(11-4-6-30-10-11)3-5-23-20(17)26-21/h1-10,29H,(H,27,28)(H,23,25,26). The van der Waals surface area contributed by atoms with Crippen LogP contribution in [0.3, 0.4) is 0 Å². The van der Waals surface area contributed by atoms with Crippen LogP contribution in [0.4, 0.5) is 0 Å². The first kappa shape index (κ1) is 16.8. The molecule has 0 aliphatic carbocycles. The summed E-state index contributed by atoms with van der Waals surface area (Å²) in [6.07, 6.45) is 4.81. The fourth-order valence-corrected chi connectivity index (χ4v) is 4.12. The zero-order valence-corrected chi connectivity index (χ0v) is 16.2. The second kappa shape index (κ2) is 6.46. The first-order chi connectivity index (χ1) is 14.8. The second-order valence-electron chi connectivity index (χ2n) is 6.75. The van der Waals surface area contributed by atoms with Gasteiger partial charge in [0.05, 0.1) is 17.4 Å². The van der Waals surface area contributed by atoms with Crippen LogP contribution in [0.5, 0.6) is 5.75 Å². The molecule has 0 aliphatic rings. The molecule has 144 valence electrons. The predicted octanol–water partition coefficient (Wildman–Crippen LogP) is 4.39. The molecule has 6 aromatic heterocycles. The summed E-state index contributed by atoms with van der Waals surface area (Å²) in [5.41, 5.74) is 7.07. The van der Waals surface area contributed by atoms with Crippen LogP contribution in [-0.4, -0.2) is 40.2 Å². The molecular weight excluding hydrogens is 398 g/mol. The molecule has 0 radical (unpaired) electrons. The van der Waals surface area contributed by atoms with E-state index in [-0.39, 0.29) is 5.75 Å². The third-order valence-corrected chi connectivity index (χ3v) is 5.55. The molecule has 8 nitrogen and oxygen atoms in total. The largest absolute Gasteiger partial charge is 0.506 e. The molecule has 0 bridgehead atoms. The molecule has 30 heavy (non-hydrogen) atoms. The number of pyridine rings is 3. The zero-order chi connectivity index (χ0) is 20.1. The van der Waals surface area contributed by atoms with E-state index in [9.17, 15) is 5.11 Å². The summed E-state index contributed by atoms with van der Waals surface area (Å²) >= 11 is 1.64. The number of nitrogens with one attached hydrogen (secondary N) is 2. The van der Waals surface area contributed by atoms with E-state index < -0.39 is 0 Å². The van der Waals surface area contributed by atoms with Crippen molar-refractivity contribution in [1.29, 1.82) is 0 Å². The summed E-state index contributed by atoms with van der Waals surface area (Å²) in [5.74, 6) is 0.677. The molecule has 6 heterocycles. The minimum atomic E-state index is 0.0890. The van der Waals surface area contributed by atoms with Crippen LogP contribution < -0.4 is 0 Å². The maximum absolute atomic E-state index is 9.74. The lowest BCUT2D eigenvalue weighted by molar-refractivity contribution is 0.473. The molecule has 6 aromatic rings. The fraction of sp³-hybridized carbons (Fsp3) is 0. The van der Waals surface area contributed by atoms with Gasteiger partial charge in [0.1, 0.15) is 16.8 Å². The van der Waals surface area contributed by atoms with Gasteiger partial charge in [0.15, 0.2) is 17.2 Å². The Labute approximate surface area is 173 Å². The number of aromatic hydroxyl groups is 1. The normalized spacial score (nSPS) is 11.5. The van der Waals surface area contributed by atoms with Crippen molar-refractivity contribution in [2.45, 2.75) is 0 Å². The van der Waals surface area contributed by atoms with Crippen molar-refractivity contribution in [2.24, 2.45) is 0 Å². The average Bonchev–Trinajstić information content (AvgIpc) is 3.51. The summed E-state index contributed by atoms with van der Waals surface area (Å²) in [6.45, 7) is 0. The highest BCUT2D eigenvalue weighted by Crippen LogP contribution is 2.31. The number of H-pyrrole nitrogens is 2. The average molecular weight is 411 g/mol. The van der Waals surface area contributed by atoms with E-state index in [2.05, 4.69) is 36.6 Å². The van der Waals surface area contributed by atoms with Crippen molar-refractivity contribution in [3.63, 3.8) is 0 Å². The summed E-state index contributed by atoms with van der Waals surface area (Å²) in [7, 11) is 0. The predicted molar refractivity (Wildman–Crippen MR) is 115 cm³/mol. The smallest absolute Gasteiger partial charge is 0.162 e. The van der Waals surface area contributed by atoms with E-state index in [4.69, 9.17) is 9.97 Å². The Balaban J connectivity index is 1.52. The van der Waals surface area contributed by atoms with Crippen molar-refractivity contribution in [2.75, 3.05) is 0 Å². The number of aromatic amines is 2. The molecule has 0 atom stereocenters. The van der Waals surface area contributed by atoms with Gasteiger partial charge in [-0.05, 0) is 46.7 Å². The molecule has 0 unspecified atom stereocenters. The molecular formula is C21H13N7OS. The van der Waals surface area contributed by atoms with Crippen LogP contribution in [0.15, 0.2) is 59.7 Å². The SMILES string of the molecule is Oc1cncc(-c2ccc3[nH]nc(-c4nc5c(-c6ccsc6)ccnc5[nH]4)c3n2)c1. The molecule has 6 rings (SSSR count). The highest BCUT2D eigenvalue weighted by molar-refractivity contribution is 7.08. The van der Waals surface area contributed by atoms with Gasteiger partial charge in [0.25, 0.3) is 0 Å². The van der Waals surface area contributed by atoms with Crippen molar-refractivity contribution in [1.82, 2.24) is 35.1 Å². The van der Waals surface area contributed by atoms with Gasteiger partial charge >= 0.3 is 0 Å². The molecule has 0 aliphatic heterocycles. The minimum absolute atomic E-state index is 0.0890. The van der Waals surface area contributed by atoms with Gasteiger partial charge in [-0.3, -0.25) is 10.1 Å². The Bertz CT molecular complexity index is 1520. The van der Waals surface area contributed by atoms with Crippen LogP contribution in [0.25, 0.3) is 56.1 Å². The van der Waals surface area contributed by atoms with Gasteiger partial charge in [-0.15, -0.1) is 0 Å². The van der Waals surface area contributed by atoms with Crippen LogP contribution in [0, 0.1) is 0 Å². The number of thiophene rings is 1. The van der Waals surface area contributed by atoms with Gasteiger partial charge in [-0.2, -0.15) is 16.4 Å². The minimum Gasteiger partial charge on any atom is -0.506 e. The van der Waals surface area contributed by atoms with Gasteiger partial charge in [0.2, 0.25) is 0 Å². The maximum atomic E-state index is 9.74. The van der Waals surface area contributed by atoms with Crippen molar-refractivity contribution >= 4 is 33.5 Å². The highest BCUT2D eigenvalue weighted by atomic mass is 32.1. The molecule has 0 aromatic carbocycles. The quantitative estimate of drug-likeness (QED) is 0.398. The number of hydrogen-bond donors (Lipinski definition) is 3. The molecule has 9 heteroatoms. The third kappa shape index (κ3) is 2.64. The van der Waals surface area contributed by atoms with E-state index in [1.165, 1.54) is 6.20 Å². The summed E-state index contributed by atoms with van der Waals surface area (Å²) < 4.78 is 0. The molecule has 0 saturated heterocycles. The number of nitrogens with zero attached hydrogens (tertiary/aromatic N) is 5. The van der Waals surface area contributed by atoms with Crippen LogP contribution in [0.1, 0.15) is 0 Å². The summed E-state index contributed by atoms with van der Waals surface area (Å²) in [6, 6.07) is 9.41. The molecule has 0 amide bonds. The third-order valence-electron chi connectivity index (χ3n) is 4.87. The molecule has 3 N–H and O–H groups in total. The Morgan fingerprint density at radius 2 is 1.93 bits per heavy atom. The second-order valence-corrected chi connectivity index (χ2v) is 7.53. The van der Waals surface area contributed by atoms with Gasteiger partial charge in [-0.25, -0.2) is 15.0 Å². The molecule has 0 fully saturated rings. The van der Waals surface area contributed by atoms with E-state index in [0.29, 0.717) is 28.4 Å². The fourth-order valence-electron chi connectivity index (χ4n) is 3.47. The lowest BCUT2D eigenvalue weighted by Crippen LogP contribution is -1.87. The van der Waals surface area contributed by atoms with Crippen LogP contribution in [-0.2, 0) is 0 Å². The van der Waals surface area contributed by atoms with E-state index in [1.54, 1.807) is 29.8 Å². The van der Waals surface area contributed by atoms with Crippen LogP contribution in [0.2, 0.25) is 0 Å². The van der Waals surface area contributed by atoms with Crippen molar-refractivity contribution < 1.29 is 5.11 Å². The van der Waals surface area contributed by atoms with E-state index in [0.717, 1.165) is 27.7 Å². The van der Waals surface area contributed by atoms with Crippen LogP contribution >= 0.6 is 11.3 Å². The monoisotopic (exact) mass is 411 g/mol. The van der Waals surface area contributed by atoms with E-state index in [1.807, 2.05) is 23.6 Å². The van der Waals surface area contributed by atoms with Crippen molar-refractivity contribution in [3.8, 4) is 39.7 Å². The zero-order valence-electron chi connectivity index (χ0n) is 15.4. The number of rotatable bonds is 3. The van der Waals surface area contributed by atoms with Gasteiger partial charge < -0.3 is 10.1 Å². The Kier molecular flexibility index (Phi) is 3.62. The number of imidazole rings is 1. The lowest BCUT2D eigenvalue weighted by Gasteiger charge is -2.01. The summed E-state index contributed by atoms with van der Waals surface area (Å²) in [4.78, 5) is 21.3. The molecule has 0 spiro atoms. The van der Waals surface area contributed by atoms with E-state index >= 15 is 0 Å². The maximum Gasteiger partial charge on any atom is 0.162 e. The Hall–Kier alpha value is -4.11. The first-order valence-electron chi connectivity index (χ1n) is 9.13.